The first kappa shape index (κ1) is 15.9. The summed E-state index contributed by atoms with van der Waals surface area (Å²) in [5.74, 6) is 0.630. The molecule has 0 radical (unpaired) electrons. The van der Waals surface area contributed by atoms with Crippen molar-refractivity contribution < 1.29 is 4.79 Å². The van der Waals surface area contributed by atoms with E-state index in [1.54, 1.807) is 0 Å². The largest absolute Gasteiger partial charge is 0.399 e. The summed E-state index contributed by atoms with van der Waals surface area (Å²) in [5, 5.41) is 3.27. The third kappa shape index (κ3) is 4.23. The highest BCUT2D eigenvalue weighted by atomic mass is 16.1. The molecule has 1 aliphatic rings. The van der Waals surface area contributed by atoms with Crippen LogP contribution in [0, 0.1) is 5.92 Å². The van der Waals surface area contributed by atoms with Gasteiger partial charge in [-0.05, 0) is 49.8 Å². The van der Waals surface area contributed by atoms with E-state index in [9.17, 15) is 4.79 Å². The fraction of sp³-hybridized carbons (Fsp3) is 0.611. The lowest BCUT2D eigenvalue weighted by atomic mass is 9.82. The molecule has 1 aromatic rings. The summed E-state index contributed by atoms with van der Waals surface area (Å²) < 4.78 is 0. The van der Waals surface area contributed by atoms with E-state index in [1.807, 2.05) is 31.2 Å². The molecule has 1 saturated carbocycles. The van der Waals surface area contributed by atoms with Crippen molar-refractivity contribution in [3.05, 3.63) is 29.8 Å². The van der Waals surface area contributed by atoms with Gasteiger partial charge in [0.25, 0.3) is 0 Å². The number of hydrogen-bond donors (Lipinski definition) is 2. The quantitative estimate of drug-likeness (QED) is 0.809. The molecule has 3 heteroatoms. The first-order chi connectivity index (χ1) is 10.1. The number of rotatable bonds is 5. The van der Waals surface area contributed by atoms with Gasteiger partial charge in [-0.1, -0.05) is 38.3 Å². The highest BCUT2D eigenvalue weighted by Crippen LogP contribution is 2.28. The highest BCUT2D eigenvalue weighted by Gasteiger charge is 2.25. The van der Waals surface area contributed by atoms with E-state index in [0.29, 0.717) is 17.6 Å². The van der Waals surface area contributed by atoms with Crippen LogP contribution >= 0.6 is 0 Å². The lowest BCUT2D eigenvalue weighted by molar-refractivity contribution is -0.123. The molecule has 1 aliphatic carbocycles. The first-order valence-electron chi connectivity index (χ1n) is 8.27. The zero-order valence-corrected chi connectivity index (χ0v) is 13.3. The van der Waals surface area contributed by atoms with E-state index in [2.05, 4.69) is 12.2 Å². The van der Waals surface area contributed by atoms with Gasteiger partial charge in [-0.3, -0.25) is 4.79 Å². The van der Waals surface area contributed by atoms with Gasteiger partial charge in [0.15, 0.2) is 0 Å². The molecule has 0 bridgehead atoms. The van der Waals surface area contributed by atoms with Crippen molar-refractivity contribution in [3.63, 3.8) is 0 Å². The second-order valence-electron chi connectivity index (χ2n) is 6.31. The second kappa shape index (κ2) is 7.48. The van der Waals surface area contributed by atoms with E-state index in [4.69, 9.17) is 5.73 Å². The molecule has 3 N–H and O–H groups in total. The molecule has 1 aromatic carbocycles. The minimum atomic E-state index is -0.147. The van der Waals surface area contributed by atoms with Crippen molar-refractivity contribution in [1.82, 2.24) is 5.32 Å². The van der Waals surface area contributed by atoms with Crippen LogP contribution < -0.4 is 11.1 Å². The Morgan fingerprint density at radius 3 is 2.67 bits per heavy atom. The molecule has 2 rings (SSSR count). The Kier molecular flexibility index (Phi) is 5.66. The maximum atomic E-state index is 12.5. The molecular weight excluding hydrogens is 260 g/mol. The van der Waals surface area contributed by atoms with Crippen molar-refractivity contribution in [2.75, 3.05) is 5.73 Å². The summed E-state index contributed by atoms with van der Waals surface area (Å²) >= 11 is 0. The molecule has 0 heterocycles. The second-order valence-corrected chi connectivity index (χ2v) is 6.31. The number of hydrogen-bond acceptors (Lipinski definition) is 2. The van der Waals surface area contributed by atoms with Crippen molar-refractivity contribution in [2.45, 2.75) is 64.3 Å². The summed E-state index contributed by atoms with van der Waals surface area (Å²) in [6.07, 6.45) is 7.49. The summed E-state index contributed by atoms with van der Waals surface area (Å²) in [5.41, 5.74) is 7.52. The molecule has 0 aromatic heterocycles. The normalized spacial score (nSPS) is 19.0. The average molecular weight is 288 g/mol. The average Bonchev–Trinajstić information content (AvgIpc) is 2.52. The zero-order valence-electron chi connectivity index (χ0n) is 13.3. The number of anilines is 1. The summed E-state index contributed by atoms with van der Waals surface area (Å²) in [6.45, 7) is 4.13. The van der Waals surface area contributed by atoms with Gasteiger partial charge in [-0.2, -0.15) is 0 Å². The van der Waals surface area contributed by atoms with E-state index < -0.39 is 0 Å². The number of benzene rings is 1. The molecule has 116 valence electrons. The van der Waals surface area contributed by atoms with Crippen LogP contribution in [0.1, 0.15) is 63.9 Å². The smallest absolute Gasteiger partial charge is 0.227 e. The van der Waals surface area contributed by atoms with Gasteiger partial charge in [0.05, 0.1) is 5.92 Å². The Hall–Kier alpha value is -1.51. The number of amides is 1. The molecule has 2 atom stereocenters. The van der Waals surface area contributed by atoms with Gasteiger partial charge in [0.1, 0.15) is 0 Å². The Bertz CT molecular complexity index is 466. The Labute approximate surface area is 128 Å². The SMILES string of the molecule is CCC(NC(=O)C(C)c1cccc(N)c1)C1CCCCC1. The number of carbonyl (C=O) groups is 1. The molecule has 1 amide bonds. The lowest BCUT2D eigenvalue weighted by Crippen LogP contribution is -2.42. The van der Waals surface area contributed by atoms with Crippen molar-refractivity contribution in [1.29, 1.82) is 0 Å². The van der Waals surface area contributed by atoms with Crippen LogP contribution in [-0.2, 0) is 4.79 Å². The monoisotopic (exact) mass is 288 g/mol. The van der Waals surface area contributed by atoms with Gasteiger partial charge in [0, 0.05) is 11.7 Å². The third-order valence-electron chi connectivity index (χ3n) is 4.79. The van der Waals surface area contributed by atoms with Crippen LogP contribution in [0.2, 0.25) is 0 Å². The van der Waals surface area contributed by atoms with Crippen LogP contribution in [0.15, 0.2) is 24.3 Å². The molecule has 0 aliphatic heterocycles. The van der Waals surface area contributed by atoms with Crippen LogP contribution in [-0.4, -0.2) is 11.9 Å². The van der Waals surface area contributed by atoms with Gasteiger partial charge in [-0.25, -0.2) is 0 Å². The number of nitrogens with one attached hydrogen (secondary N) is 1. The van der Waals surface area contributed by atoms with Crippen LogP contribution in [0.5, 0.6) is 0 Å². The van der Waals surface area contributed by atoms with Gasteiger partial charge < -0.3 is 11.1 Å². The summed E-state index contributed by atoms with van der Waals surface area (Å²) in [7, 11) is 0. The Morgan fingerprint density at radius 2 is 2.05 bits per heavy atom. The predicted molar refractivity (Wildman–Crippen MR) is 88.1 cm³/mol. The highest BCUT2D eigenvalue weighted by molar-refractivity contribution is 5.83. The van der Waals surface area contributed by atoms with Crippen molar-refractivity contribution in [2.24, 2.45) is 5.92 Å². The van der Waals surface area contributed by atoms with E-state index >= 15 is 0 Å². The van der Waals surface area contributed by atoms with Crippen molar-refractivity contribution in [3.8, 4) is 0 Å². The van der Waals surface area contributed by atoms with Crippen LogP contribution in [0.3, 0.4) is 0 Å². The maximum Gasteiger partial charge on any atom is 0.227 e. The Morgan fingerprint density at radius 1 is 1.33 bits per heavy atom. The van der Waals surface area contributed by atoms with E-state index in [-0.39, 0.29) is 11.8 Å². The van der Waals surface area contributed by atoms with E-state index in [0.717, 1.165) is 12.0 Å². The number of carbonyl (C=O) groups excluding carboxylic acids is 1. The fourth-order valence-electron chi connectivity index (χ4n) is 3.38. The van der Waals surface area contributed by atoms with Gasteiger partial charge in [-0.15, -0.1) is 0 Å². The van der Waals surface area contributed by atoms with Crippen LogP contribution in [0.4, 0.5) is 5.69 Å². The summed E-state index contributed by atoms with van der Waals surface area (Å²) in [4.78, 5) is 12.5. The minimum Gasteiger partial charge on any atom is -0.399 e. The minimum absolute atomic E-state index is 0.123. The predicted octanol–water partition coefficient (Wildman–Crippen LogP) is 3.85. The maximum absolute atomic E-state index is 12.5. The van der Waals surface area contributed by atoms with Crippen LogP contribution in [0.25, 0.3) is 0 Å². The van der Waals surface area contributed by atoms with Gasteiger partial charge in [0.2, 0.25) is 5.91 Å². The fourth-order valence-corrected chi connectivity index (χ4v) is 3.38. The molecule has 0 spiro atoms. The van der Waals surface area contributed by atoms with Crippen molar-refractivity contribution >= 4 is 11.6 Å². The molecule has 21 heavy (non-hydrogen) atoms. The molecule has 2 unspecified atom stereocenters. The molecule has 0 saturated heterocycles. The summed E-state index contributed by atoms with van der Waals surface area (Å²) in [6, 6.07) is 7.95. The zero-order chi connectivity index (χ0) is 15.2. The topological polar surface area (TPSA) is 55.1 Å². The Balaban J connectivity index is 1.98. The van der Waals surface area contributed by atoms with E-state index in [1.165, 1.54) is 32.1 Å². The molecular formula is C18H28N2O. The standard InChI is InChI=1S/C18H28N2O/c1-3-17(14-8-5-4-6-9-14)20-18(21)13(2)15-10-7-11-16(19)12-15/h7,10-14,17H,3-6,8-9,19H2,1-2H3,(H,20,21). The number of nitrogen functional groups attached to an aromatic ring is 1. The molecule has 1 fully saturated rings. The third-order valence-corrected chi connectivity index (χ3v) is 4.79. The first-order valence-corrected chi connectivity index (χ1v) is 8.27. The number of nitrogens with two attached hydrogens (primary N) is 1. The molecule has 3 nitrogen and oxygen atoms in total. The van der Waals surface area contributed by atoms with Gasteiger partial charge >= 0.3 is 0 Å². The lowest BCUT2D eigenvalue weighted by Gasteiger charge is -2.31.